The molecule has 5 fully saturated rings. The number of hydrogen-bond acceptors (Lipinski definition) is 4. The van der Waals surface area contributed by atoms with E-state index in [2.05, 4.69) is 20.4 Å². The van der Waals surface area contributed by atoms with Crippen molar-refractivity contribution in [3.63, 3.8) is 0 Å². The summed E-state index contributed by atoms with van der Waals surface area (Å²) in [5, 5.41) is 0. The normalized spacial score (nSPS) is 40.4. The zero-order valence-corrected chi connectivity index (χ0v) is 22.1. The van der Waals surface area contributed by atoms with Crippen LogP contribution in [-0.2, 0) is 19.1 Å². The van der Waals surface area contributed by atoms with E-state index < -0.39 is 17.0 Å². The van der Waals surface area contributed by atoms with Crippen molar-refractivity contribution in [1.29, 1.82) is 0 Å². The third-order valence-electron chi connectivity index (χ3n) is 10.3. The van der Waals surface area contributed by atoms with Gasteiger partial charge in [-0.2, -0.15) is 0 Å². The van der Waals surface area contributed by atoms with Crippen LogP contribution in [0.3, 0.4) is 0 Å². The van der Waals surface area contributed by atoms with Crippen molar-refractivity contribution in [1.82, 2.24) is 0 Å². The molecule has 4 unspecified atom stereocenters. The molecule has 0 aromatic heterocycles. The number of esters is 2. The van der Waals surface area contributed by atoms with Crippen molar-refractivity contribution in [2.45, 2.75) is 117 Å². The van der Waals surface area contributed by atoms with Crippen LogP contribution in [0.1, 0.15) is 106 Å². The molecular formula is C29H46O4. The second-order valence-electron chi connectivity index (χ2n) is 13.7. The highest BCUT2D eigenvalue weighted by atomic mass is 16.6. The average Bonchev–Trinajstić information content (AvgIpc) is 2.68. The Hall–Kier alpha value is -1.32. The minimum absolute atomic E-state index is 0.210. The molecule has 0 aliphatic heterocycles. The Morgan fingerprint density at radius 2 is 1.55 bits per heavy atom. The summed E-state index contributed by atoms with van der Waals surface area (Å²) in [7, 11) is 0. The zero-order valence-electron chi connectivity index (χ0n) is 22.1. The van der Waals surface area contributed by atoms with Crippen molar-refractivity contribution in [3.05, 3.63) is 12.2 Å². The van der Waals surface area contributed by atoms with Crippen LogP contribution in [0.2, 0.25) is 0 Å². The van der Waals surface area contributed by atoms with E-state index in [1.165, 1.54) is 51.4 Å². The minimum atomic E-state index is -1.00. The van der Waals surface area contributed by atoms with Crippen LogP contribution in [0.15, 0.2) is 12.2 Å². The summed E-state index contributed by atoms with van der Waals surface area (Å²) < 4.78 is 12.7. The number of rotatable bonds is 6. The van der Waals surface area contributed by atoms with E-state index in [4.69, 9.17) is 9.47 Å². The van der Waals surface area contributed by atoms with E-state index in [0.717, 1.165) is 12.3 Å². The van der Waals surface area contributed by atoms with E-state index in [9.17, 15) is 9.59 Å². The summed E-state index contributed by atoms with van der Waals surface area (Å²) >= 11 is 0. The van der Waals surface area contributed by atoms with E-state index in [1.54, 1.807) is 6.92 Å². The fourth-order valence-electron chi connectivity index (χ4n) is 8.13. The predicted octanol–water partition coefficient (Wildman–Crippen LogP) is 6.87. The topological polar surface area (TPSA) is 52.6 Å². The van der Waals surface area contributed by atoms with E-state index in [-0.39, 0.29) is 11.6 Å². The summed E-state index contributed by atoms with van der Waals surface area (Å²) in [5.41, 5.74) is -1.57. The minimum Gasteiger partial charge on any atom is -0.458 e. The van der Waals surface area contributed by atoms with Crippen LogP contribution in [0, 0.1) is 40.4 Å². The Morgan fingerprint density at radius 1 is 0.939 bits per heavy atom. The molecule has 0 radical (unpaired) electrons. The Bertz CT molecular complexity index is 797. The molecule has 0 saturated heterocycles. The maximum atomic E-state index is 14.0. The molecule has 33 heavy (non-hydrogen) atoms. The van der Waals surface area contributed by atoms with Gasteiger partial charge < -0.3 is 9.47 Å². The smallest absolute Gasteiger partial charge is 0.333 e. The second kappa shape index (κ2) is 8.12. The van der Waals surface area contributed by atoms with Crippen LogP contribution < -0.4 is 0 Å². The van der Waals surface area contributed by atoms with Gasteiger partial charge in [0.05, 0.1) is 0 Å². The molecule has 4 atom stereocenters. The Labute approximate surface area is 201 Å². The van der Waals surface area contributed by atoms with Crippen LogP contribution >= 0.6 is 0 Å². The lowest BCUT2D eigenvalue weighted by Crippen LogP contribution is -2.67. The van der Waals surface area contributed by atoms with Crippen molar-refractivity contribution in [2.75, 3.05) is 0 Å². The van der Waals surface area contributed by atoms with Crippen molar-refractivity contribution in [2.24, 2.45) is 40.4 Å². The molecule has 0 aromatic carbocycles. The number of carbonyl (C=O) groups is 2. The Kier molecular flexibility index (Phi) is 6.10. The summed E-state index contributed by atoms with van der Waals surface area (Å²) in [4.78, 5) is 26.4. The fraction of sp³-hybridized carbons (Fsp3) is 0.862. The molecule has 4 heteroatoms. The van der Waals surface area contributed by atoms with E-state index >= 15 is 0 Å². The predicted molar refractivity (Wildman–Crippen MR) is 130 cm³/mol. The fourth-order valence-corrected chi connectivity index (χ4v) is 8.13. The first-order chi connectivity index (χ1) is 15.2. The third kappa shape index (κ3) is 4.08. The monoisotopic (exact) mass is 458 g/mol. The molecule has 5 aliphatic carbocycles. The number of carbonyl (C=O) groups excluding carboxylic acids is 2. The third-order valence-corrected chi connectivity index (χ3v) is 10.3. The van der Waals surface area contributed by atoms with Gasteiger partial charge in [-0.3, -0.25) is 4.79 Å². The first-order valence-electron chi connectivity index (χ1n) is 13.3. The van der Waals surface area contributed by atoms with Gasteiger partial charge in [-0.1, -0.05) is 33.3 Å². The van der Waals surface area contributed by atoms with Gasteiger partial charge in [0.25, 0.3) is 0 Å². The largest absolute Gasteiger partial charge is 0.458 e. The summed E-state index contributed by atoms with van der Waals surface area (Å²) in [6.45, 7) is 17.6. The highest BCUT2D eigenvalue weighted by Crippen LogP contribution is 2.67. The van der Waals surface area contributed by atoms with Gasteiger partial charge in [0, 0.05) is 17.4 Å². The molecule has 0 aromatic rings. The SMILES string of the molecule is C=C(C)C(=O)OC(C)(C)C(C)(C)C(=O)OC1(C2CCCC(C)C2)C2CC3CC1CC(C)(C3)C2. The maximum Gasteiger partial charge on any atom is 0.333 e. The molecule has 5 saturated carbocycles. The number of hydrogen-bond donors (Lipinski definition) is 0. The molecule has 0 heterocycles. The zero-order chi connectivity index (χ0) is 24.4. The second-order valence-corrected chi connectivity index (χ2v) is 13.7. The Morgan fingerprint density at radius 3 is 2.06 bits per heavy atom. The summed E-state index contributed by atoms with van der Waals surface area (Å²) in [6.07, 6.45) is 11.0. The quantitative estimate of drug-likeness (QED) is 0.322. The van der Waals surface area contributed by atoms with Gasteiger partial charge in [0.2, 0.25) is 0 Å². The number of ether oxygens (including phenoxy) is 2. The molecule has 0 N–H and O–H groups in total. The van der Waals surface area contributed by atoms with Crippen LogP contribution in [0.25, 0.3) is 0 Å². The van der Waals surface area contributed by atoms with Crippen molar-refractivity contribution >= 4 is 11.9 Å². The van der Waals surface area contributed by atoms with Crippen LogP contribution in [0.5, 0.6) is 0 Å². The maximum absolute atomic E-state index is 14.0. The lowest BCUT2D eigenvalue weighted by molar-refractivity contribution is -0.257. The van der Waals surface area contributed by atoms with E-state index in [1.807, 2.05) is 27.7 Å². The van der Waals surface area contributed by atoms with E-state index in [0.29, 0.717) is 34.7 Å². The first kappa shape index (κ1) is 24.8. The first-order valence-corrected chi connectivity index (χ1v) is 13.3. The molecule has 0 amide bonds. The molecule has 0 spiro atoms. The van der Waals surface area contributed by atoms with Gasteiger partial charge in [-0.15, -0.1) is 0 Å². The summed E-state index contributed by atoms with van der Waals surface area (Å²) in [6, 6.07) is 0. The molecule has 4 nitrogen and oxygen atoms in total. The Balaban J connectivity index is 1.66. The molecule has 4 bridgehead atoms. The molecule has 5 rings (SSSR count). The van der Waals surface area contributed by atoms with Gasteiger partial charge in [0.1, 0.15) is 16.6 Å². The molecule has 186 valence electrons. The van der Waals surface area contributed by atoms with Gasteiger partial charge >= 0.3 is 11.9 Å². The highest BCUT2D eigenvalue weighted by Gasteiger charge is 2.66. The van der Waals surface area contributed by atoms with Gasteiger partial charge in [-0.05, 0) is 103 Å². The van der Waals surface area contributed by atoms with Crippen molar-refractivity contribution in [3.8, 4) is 0 Å². The highest BCUT2D eigenvalue weighted by molar-refractivity contribution is 5.88. The average molecular weight is 459 g/mol. The standard InChI is InChI=1S/C29H46O4/c1-18(2)24(30)32-27(6,7)26(4,5)25(31)33-29(21-11-9-10-19(3)12-21)22-13-20-14-23(29)17-28(8,15-20)16-22/h19-23H,1,9-17H2,2-8H3. The summed E-state index contributed by atoms with van der Waals surface area (Å²) in [5.74, 6) is 2.18. The van der Waals surface area contributed by atoms with Gasteiger partial charge in [0.15, 0.2) is 0 Å². The molecular weight excluding hydrogens is 412 g/mol. The van der Waals surface area contributed by atoms with Gasteiger partial charge in [-0.25, -0.2) is 4.79 Å². The lowest BCUT2D eigenvalue weighted by atomic mass is 9.42. The van der Waals surface area contributed by atoms with Crippen molar-refractivity contribution < 1.29 is 19.1 Å². The molecule has 5 aliphatic rings. The lowest BCUT2D eigenvalue weighted by Gasteiger charge is -2.66. The van der Waals surface area contributed by atoms with Crippen LogP contribution in [0.4, 0.5) is 0 Å². The van der Waals surface area contributed by atoms with Crippen LogP contribution in [-0.4, -0.2) is 23.1 Å².